The molecule has 3 heteroatoms. The Balaban J connectivity index is 0.00000218. The first-order valence-electron chi connectivity index (χ1n) is 10.8. The van der Waals surface area contributed by atoms with E-state index in [-0.39, 0.29) is 16.2 Å². The first-order chi connectivity index (χ1) is 13.7. The van der Waals surface area contributed by atoms with Crippen molar-refractivity contribution in [2.24, 2.45) is 5.92 Å². The van der Waals surface area contributed by atoms with Crippen molar-refractivity contribution in [3.05, 3.63) is 58.7 Å². The van der Waals surface area contributed by atoms with Gasteiger partial charge in [0.15, 0.2) is 0 Å². The summed E-state index contributed by atoms with van der Waals surface area (Å²) in [7, 11) is 1.00. The van der Waals surface area contributed by atoms with Crippen LogP contribution in [0, 0.1) is 5.92 Å². The summed E-state index contributed by atoms with van der Waals surface area (Å²) in [5.41, 5.74) is 3.86. The highest BCUT2D eigenvalue weighted by Crippen LogP contribution is 2.43. The molecule has 0 saturated carbocycles. The molecule has 0 saturated heterocycles. The van der Waals surface area contributed by atoms with Crippen LogP contribution in [0.25, 0.3) is 0 Å². The monoisotopic (exact) mass is 414 g/mol. The molecule has 2 aromatic carbocycles. The fraction of sp³-hybridized carbons (Fsp3) is 0.556. The summed E-state index contributed by atoms with van der Waals surface area (Å²) < 4.78 is 0. The van der Waals surface area contributed by atoms with Crippen molar-refractivity contribution in [2.45, 2.75) is 85.0 Å². The second kappa shape index (κ2) is 9.43. The lowest BCUT2D eigenvalue weighted by Crippen LogP contribution is -2.27. The van der Waals surface area contributed by atoms with Crippen LogP contribution in [-0.4, -0.2) is 22.4 Å². The zero-order valence-electron chi connectivity index (χ0n) is 20.6. The van der Waals surface area contributed by atoms with Crippen LogP contribution in [0.2, 0.25) is 0 Å². The molecule has 0 radical (unpaired) electrons. The van der Waals surface area contributed by atoms with E-state index in [1.165, 1.54) is 11.1 Å². The van der Waals surface area contributed by atoms with Crippen molar-refractivity contribution in [1.29, 1.82) is 0 Å². The largest absolute Gasteiger partial charge is 0.508 e. The van der Waals surface area contributed by atoms with Crippen LogP contribution in [0.5, 0.6) is 11.5 Å². The lowest BCUT2D eigenvalue weighted by atomic mass is 9.68. The minimum absolute atomic E-state index is 0.135. The van der Waals surface area contributed by atoms with Crippen LogP contribution in [0.4, 0.5) is 0 Å². The Hall–Kier alpha value is -2.00. The first kappa shape index (κ1) is 26.0. The number of benzene rings is 2. The Morgan fingerprint density at radius 3 is 1.27 bits per heavy atom. The third-order valence-corrected chi connectivity index (χ3v) is 5.70. The first-order valence-corrected chi connectivity index (χ1v) is 10.8. The molecule has 0 spiro atoms. The summed E-state index contributed by atoms with van der Waals surface area (Å²) >= 11 is 0. The number of hydrogen-bond donors (Lipinski definition) is 3. The molecule has 0 fully saturated rings. The fourth-order valence-corrected chi connectivity index (χ4v) is 4.18. The van der Waals surface area contributed by atoms with Gasteiger partial charge in [-0.15, -0.1) is 0 Å². The Labute approximate surface area is 183 Å². The molecule has 0 aliphatic carbocycles. The quantitative estimate of drug-likeness (QED) is 0.524. The molecular formula is C27H42O3. The van der Waals surface area contributed by atoms with Gasteiger partial charge in [0.1, 0.15) is 11.5 Å². The lowest BCUT2D eigenvalue weighted by Gasteiger charge is -2.35. The van der Waals surface area contributed by atoms with Crippen LogP contribution in [0.15, 0.2) is 36.4 Å². The van der Waals surface area contributed by atoms with Gasteiger partial charge in [-0.1, -0.05) is 86.6 Å². The van der Waals surface area contributed by atoms with Gasteiger partial charge >= 0.3 is 0 Å². The molecule has 0 unspecified atom stereocenters. The minimum atomic E-state index is -0.213. The van der Waals surface area contributed by atoms with Crippen LogP contribution in [-0.2, 0) is 16.2 Å². The Morgan fingerprint density at radius 2 is 1.00 bits per heavy atom. The van der Waals surface area contributed by atoms with Crippen molar-refractivity contribution >= 4 is 0 Å². The Bertz CT molecular complexity index is 773. The number of hydrogen-bond acceptors (Lipinski definition) is 3. The van der Waals surface area contributed by atoms with E-state index in [0.717, 1.165) is 24.7 Å². The van der Waals surface area contributed by atoms with Crippen LogP contribution >= 0.6 is 0 Å². The topological polar surface area (TPSA) is 60.7 Å². The molecule has 2 rings (SSSR count). The minimum Gasteiger partial charge on any atom is -0.508 e. The lowest BCUT2D eigenvalue weighted by molar-refractivity contribution is 0.399. The van der Waals surface area contributed by atoms with Crippen LogP contribution < -0.4 is 0 Å². The van der Waals surface area contributed by atoms with Crippen molar-refractivity contribution in [3.63, 3.8) is 0 Å². The zero-order chi connectivity index (χ0) is 23.5. The smallest absolute Gasteiger partial charge is 0.119 e. The predicted octanol–water partition coefficient (Wildman–Crippen LogP) is 6.65. The standard InChI is InChI=1S/C26H38O2.CH4O/c1-17(2)16-26(9,18-10-12-22(27)20(14-18)24(3,4)5)19-11-13-23(28)21(15-19)25(6,7)8;1-2/h10-15,17,27-28H,16H2,1-9H3;2H,1H3. The number of aliphatic hydroxyl groups is 1. The highest BCUT2D eigenvalue weighted by molar-refractivity contribution is 5.50. The number of rotatable bonds is 4. The van der Waals surface area contributed by atoms with Gasteiger partial charge in [-0.05, 0) is 57.6 Å². The van der Waals surface area contributed by atoms with Crippen molar-refractivity contribution in [1.82, 2.24) is 0 Å². The summed E-state index contributed by atoms with van der Waals surface area (Å²) in [6, 6.07) is 12.1. The number of phenols is 2. The number of phenolic OH excluding ortho intramolecular Hbond substituents is 2. The number of aromatic hydroxyl groups is 2. The normalized spacial score (nSPS) is 12.5. The van der Waals surface area contributed by atoms with Crippen LogP contribution in [0.1, 0.15) is 91.0 Å². The van der Waals surface area contributed by atoms with E-state index in [0.29, 0.717) is 17.4 Å². The third kappa shape index (κ3) is 5.78. The summed E-state index contributed by atoms with van der Waals surface area (Å²) in [5, 5.41) is 27.9. The van der Waals surface area contributed by atoms with E-state index in [2.05, 4.69) is 86.6 Å². The van der Waals surface area contributed by atoms with E-state index in [9.17, 15) is 10.2 Å². The van der Waals surface area contributed by atoms with Gasteiger partial charge < -0.3 is 15.3 Å². The molecule has 0 aliphatic heterocycles. The average molecular weight is 415 g/mol. The predicted molar refractivity (Wildman–Crippen MR) is 128 cm³/mol. The van der Waals surface area contributed by atoms with E-state index >= 15 is 0 Å². The molecule has 0 aliphatic rings. The second-order valence-corrected chi connectivity index (χ2v) is 10.9. The molecule has 0 aromatic heterocycles. The highest BCUT2D eigenvalue weighted by Gasteiger charge is 2.33. The molecule has 0 atom stereocenters. The van der Waals surface area contributed by atoms with Gasteiger partial charge in [-0.3, -0.25) is 0 Å². The van der Waals surface area contributed by atoms with Gasteiger partial charge in [-0.25, -0.2) is 0 Å². The average Bonchev–Trinajstić information content (AvgIpc) is 2.61. The van der Waals surface area contributed by atoms with Gasteiger partial charge in [0.05, 0.1) is 0 Å². The van der Waals surface area contributed by atoms with Crippen molar-refractivity contribution < 1.29 is 15.3 Å². The summed E-state index contributed by atoms with van der Waals surface area (Å²) in [4.78, 5) is 0. The van der Waals surface area contributed by atoms with Crippen molar-refractivity contribution in [3.8, 4) is 11.5 Å². The summed E-state index contributed by atoms with van der Waals surface area (Å²) in [6.07, 6.45) is 0.982. The van der Waals surface area contributed by atoms with Gasteiger partial charge in [0, 0.05) is 12.5 Å². The van der Waals surface area contributed by atoms with Gasteiger partial charge in [0.25, 0.3) is 0 Å². The maximum absolute atomic E-state index is 10.4. The molecule has 0 amide bonds. The van der Waals surface area contributed by atoms with E-state index < -0.39 is 0 Å². The highest BCUT2D eigenvalue weighted by atomic mass is 16.3. The molecule has 2 aromatic rings. The molecule has 30 heavy (non-hydrogen) atoms. The SMILES string of the molecule is CC(C)CC(C)(c1ccc(O)c(C(C)(C)C)c1)c1ccc(O)c(C(C)(C)C)c1.CO. The Kier molecular flexibility index (Phi) is 8.18. The number of aliphatic hydroxyl groups excluding tert-OH is 1. The fourth-order valence-electron chi connectivity index (χ4n) is 4.18. The van der Waals surface area contributed by atoms with E-state index in [1.807, 2.05) is 12.1 Å². The summed E-state index contributed by atoms with van der Waals surface area (Å²) in [6.45, 7) is 19.5. The molecule has 3 N–H and O–H groups in total. The maximum Gasteiger partial charge on any atom is 0.119 e. The van der Waals surface area contributed by atoms with E-state index in [4.69, 9.17) is 5.11 Å². The van der Waals surface area contributed by atoms with Crippen molar-refractivity contribution in [2.75, 3.05) is 7.11 Å². The van der Waals surface area contributed by atoms with Gasteiger partial charge in [0.2, 0.25) is 0 Å². The third-order valence-electron chi connectivity index (χ3n) is 5.70. The molecule has 3 nitrogen and oxygen atoms in total. The Morgan fingerprint density at radius 1 is 0.667 bits per heavy atom. The second-order valence-electron chi connectivity index (χ2n) is 10.9. The van der Waals surface area contributed by atoms with Crippen LogP contribution in [0.3, 0.4) is 0 Å². The molecule has 0 heterocycles. The van der Waals surface area contributed by atoms with Gasteiger partial charge in [-0.2, -0.15) is 0 Å². The molecular weight excluding hydrogens is 372 g/mol. The molecule has 168 valence electrons. The summed E-state index contributed by atoms with van der Waals surface area (Å²) in [5.74, 6) is 1.21. The zero-order valence-corrected chi connectivity index (χ0v) is 20.6. The van der Waals surface area contributed by atoms with E-state index in [1.54, 1.807) is 0 Å². The maximum atomic E-state index is 10.4. The molecule has 0 bridgehead atoms.